The maximum atomic E-state index is 12.4. The van der Waals surface area contributed by atoms with Crippen molar-refractivity contribution < 1.29 is 9.32 Å². The fraction of sp³-hybridized carbons (Fsp3) is 0.318. The summed E-state index contributed by atoms with van der Waals surface area (Å²) in [5.41, 5.74) is 2.90. The summed E-state index contributed by atoms with van der Waals surface area (Å²) >= 11 is 6.19. The third-order valence-corrected chi connectivity index (χ3v) is 5.01. The predicted octanol–water partition coefficient (Wildman–Crippen LogP) is 5.14. The van der Waals surface area contributed by atoms with Crippen LogP contribution in [0.5, 0.6) is 0 Å². The normalized spacial score (nSPS) is 12.2. The van der Waals surface area contributed by atoms with Gasteiger partial charge in [0.25, 0.3) is 0 Å². The highest BCUT2D eigenvalue weighted by molar-refractivity contribution is 6.31. The molecule has 2 aromatic carbocycles. The second-order valence-corrected chi connectivity index (χ2v) is 7.60. The van der Waals surface area contributed by atoms with Crippen LogP contribution in [0.1, 0.15) is 43.3 Å². The molecular formula is C22H24ClN3O2. The van der Waals surface area contributed by atoms with E-state index in [0.29, 0.717) is 29.6 Å². The first-order chi connectivity index (χ1) is 13.4. The van der Waals surface area contributed by atoms with Gasteiger partial charge in [0.05, 0.1) is 0 Å². The molecule has 1 amide bonds. The Kier molecular flexibility index (Phi) is 6.47. The molecular weight excluding hydrogens is 374 g/mol. The van der Waals surface area contributed by atoms with E-state index in [-0.39, 0.29) is 17.9 Å². The van der Waals surface area contributed by atoms with Crippen LogP contribution in [0.25, 0.3) is 11.4 Å². The van der Waals surface area contributed by atoms with Gasteiger partial charge in [0.2, 0.25) is 17.6 Å². The fourth-order valence-corrected chi connectivity index (χ4v) is 3.05. The van der Waals surface area contributed by atoms with Crippen LogP contribution in [0.2, 0.25) is 5.02 Å². The lowest BCUT2D eigenvalue weighted by molar-refractivity contribution is -0.122. The second kappa shape index (κ2) is 9.02. The summed E-state index contributed by atoms with van der Waals surface area (Å²) < 4.78 is 5.46. The highest BCUT2D eigenvalue weighted by Gasteiger charge is 2.25. The first-order valence-corrected chi connectivity index (χ1v) is 9.75. The highest BCUT2D eigenvalue weighted by Crippen LogP contribution is 2.26. The number of carbonyl (C=O) groups excluding carboxylic acids is 1. The molecule has 3 aromatic rings. The molecule has 6 heteroatoms. The average molecular weight is 398 g/mol. The van der Waals surface area contributed by atoms with Crippen molar-refractivity contribution in [3.05, 3.63) is 70.6 Å². The van der Waals surface area contributed by atoms with Crippen molar-refractivity contribution in [2.45, 2.75) is 39.7 Å². The number of aryl methyl sites for hydroxylation is 2. The summed E-state index contributed by atoms with van der Waals surface area (Å²) in [5, 5.41) is 7.74. The Bertz CT molecular complexity index is 938. The molecule has 28 heavy (non-hydrogen) atoms. The molecule has 0 bridgehead atoms. The van der Waals surface area contributed by atoms with Crippen molar-refractivity contribution in [3.8, 4) is 11.4 Å². The van der Waals surface area contributed by atoms with Crippen molar-refractivity contribution in [3.63, 3.8) is 0 Å². The molecule has 1 heterocycles. The monoisotopic (exact) mass is 397 g/mol. The van der Waals surface area contributed by atoms with Crippen LogP contribution in [-0.2, 0) is 11.2 Å². The zero-order chi connectivity index (χ0) is 20.1. The minimum Gasteiger partial charge on any atom is -0.344 e. The average Bonchev–Trinajstić information content (AvgIpc) is 3.17. The predicted molar refractivity (Wildman–Crippen MR) is 110 cm³/mol. The first-order valence-electron chi connectivity index (χ1n) is 9.37. The molecule has 0 saturated heterocycles. The quantitative estimate of drug-likeness (QED) is 0.599. The minimum absolute atomic E-state index is 0.0410. The summed E-state index contributed by atoms with van der Waals surface area (Å²) in [5.74, 6) is 0.923. The van der Waals surface area contributed by atoms with E-state index in [4.69, 9.17) is 16.1 Å². The van der Waals surface area contributed by atoms with Gasteiger partial charge in [-0.15, -0.1) is 0 Å². The Hall–Kier alpha value is -2.66. The van der Waals surface area contributed by atoms with E-state index in [0.717, 1.165) is 16.7 Å². The van der Waals surface area contributed by atoms with Crippen LogP contribution in [0, 0.1) is 12.8 Å². The summed E-state index contributed by atoms with van der Waals surface area (Å²) in [7, 11) is 0. The van der Waals surface area contributed by atoms with E-state index in [1.54, 1.807) is 0 Å². The van der Waals surface area contributed by atoms with Crippen LogP contribution >= 0.6 is 11.6 Å². The standard InChI is InChI=1S/C22H24ClN3O2/c1-14(2)20(24-19(27)12-10-16-7-5-4-6-8-16)22-25-21(26-28-22)17-11-9-15(3)18(23)13-17/h4-9,11,13-14,20H,10,12H2,1-3H3,(H,24,27)/t20-/m0/s1. The molecule has 0 saturated carbocycles. The van der Waals surface area contributed by atoms with Gasteiger partial charge in [0.15, 0.2) is 0 Å². The number of rotatable bonds is 7. The minimum atomic E-state index is -0.342. The number of carbonyl (C=O) groups is 1. The molecule has 146 valence electrons. The van der Waals surface area contributed by atoms with E-state index in [1.165, 1.54) is 0 Å². The second-order valence-electron chi connectivity index (χ2n) is 7.19. The molecule has 1 N–H and O–H groups in total. The first kappa shape index (κ1) is 20.1. The van der Waals surface area contributed by atoms with Crippen LogP contribution in [-0.4, -0.2) is 16.0 Å². The van der Waals surface area contributed by atoms with E-state index in [2.05, 4.69) is 15.5 Å². The fourth-order valence-electron chi connectivity index (χ4n) is 2.87. The SMILES string of the molecule is Cc1ccc(-c2noc([C@@H](NC(=O)CCc3ccccc3)C(C)C)n2)cc1Cl. The van der Waals surface area contributed by atoms with Crippen molar-refractivity contribution in [2.75, 3.05) is 0 Å². The molecule has 0 aliphatic heterocycles. The van der Waals surface area contributed by atoms with E-state index in [1.807, 2.05) is 69.3 Å². The van der Waals surface area contributed by atoms with Gasteiger partial charge in [-0.2, -0.15) is 4.98 Å². The largest absolute Gasteiger partial charge is 0.344 e. The summed E-state index contributed by atoms with van der Waals surface area (Å²) in [4.78, 5) is 16.9. The lowest BCUT2D eigenvalue weighted by Gasteiger charge is -2.18. The molecule has 1 aromatic heterocycles. The Morgan fingerprint density at radius 2 is 1.93 bits per heavy atom. The number of amides is 1. The Morgan fingerprint density at radius 3 is 2.61 bits per heavy atom. The smallest absolute Gasteiger partial charge is 0.249 e. The maximum Gasteiger partial charge on any atom is 0.249 e. The van der Waals surface area contributed by atoms with Crippen molar-refractivity contribution in [1.82, 2.24) is 15.5 Å². The summed E-state index contributed by atoms with van der Waals surface area (Å²) in [6.07, 6.45) is 1.09. The number of hydrogen-bond acceptors (Lipinski definition) is 4. The van der Waals surface area contributed by atoms with Gasteiger partial charge >= 0.3 is 0 Å². The van der Waals surface area contributed by atoms with Crippen molar-refractivity contribution in [2.24, 2.45) is 5.92 Å². The molecule has 0 spiro atoms. The number of halogens is 1. The zero-order valence-electron chi connectivity index (χ0n) is 16.3. The van der Waals surface area contributed by atoms with Gasteiger partial charge in [-0.1, -0.05) is 73.1 Å². The number of nitrogens with zero attached hydrogens (tertiary/aromatic N) is 2. The van der Waals surface area contributed by atoms with Crippen LogP contribution in [0.3, 0.4) is 0 Å². The third kappa shape index (κ3) is 4.98. The van der Waals surface area contributed by atoms with Crippen molar-refractivity contribution >= 4 is 17.5 Å². The summed E-state index contributed by atoms with van der Waals surface area (Å²) in [6.45, 7) is 5.96. The molecule has 0 unspecified atom stereocenters. The van der Waals surface area contributed by atoms with Crippen LogP contribution in [0.4, 0.5) is 0 Å². The van der Waals surface area contributed by atoms with Gasteiger partial charge in [0.1, 0.15) is 6.04 Å². The van der Waals surface area contributed by atoms with Crippen LogP contribution in [0.15, 0.2) is 53.1 Å². The van der Waals surface area contributed by atoms with Gasteiger partial charge in [-0.25, -0.2) is 0 Å². The lowest BCUT2D eigenvalue weighted by Crippen LogP contribution is -2.32. The zero-order valence-corrected chi connectivity index (χ0v) is 17.0. The van der Waals surface area contributed by atoms with Gasteiger partial charge in [-0.05, 0) is 36.5 Å². The summed E-state index contributed by atoms with van der Waals surface area (Å²) in [6, 6.07) is 15.2. The molecule has 0 aliphatic rings. The topological polar surface area (TPSA) is 68.0 Å². The molecule has 0 aliphatic carbocycles. The van der Waals surface area contributed by atoms with E-state index < -0.39 is 0 Å². The Balaban J connectivity index is 1.69. The van der Waals surface area contributed by atoms with Gasteiger partial charge in [-0.3, -0.25) is 4.79 Å². The Labute approximate surface area is 170 Å². The molecule has 3 rings (SSSR count). The maximum absolute atomic E-state index is 12.4. The Morgan fingerprint density at radius 1 is 1.18 bits per heavy atom. The lowest BCUT2D eigenvalue weighted by atomic mass is 10.0. The number of aromatic nitrogens is 2. The number of nitrogens with one attached hydrogen (secondary N) is 1. The molecule has 0 fully saturated rings. The molecule has 1 atom stereocenters. The highest BCUT2D eigenvalue weighted by atomic mass is 35.5. The number of hydrogen-bond donors (Lipinski definition) is 1. The van der Waals surface area contributed by atoms with Gasteiger partial charge < -0.3 is 9.84 Å². The van der Waals surface area contributed by atoms with E-state index >= 15 is 0 Å². The van der Waals surface area contributed by atoms with Gasteiger partial charge in [0, 0.05) is 17.0 Å². The molecule has 5 nitrogen and oxygen atoms in total. The van der Waals surface area contributed by atoms with Crippen LogP contribution < -0.4 is 5.32 Å². The van der Waals surface area contributed by atoms with E-state index in [9.17, 15) is 4.79 Å². The molecule has 0 radical (unpaired) electrons. The van der Waals surface area contributed by atoms with Crippen molar-refractivity contribution in [1.29, 1.82) is 0 Å². The third-order valence-electron chi connectivity index (χ3n) is 4.60. The number of benzene rings is 2.